The monoisotopic (exact) mass is 312 g/mol. The molecule has 0 bridgehead atoms. The Hall–Kier alpha value is -1.44. The minimum atomic E-state index is -0.440. The summed E-state index contributed by atoms with van der Waals surface area (Å²) in [7, 11) is 1.32. The molecule has 1 aliphatic heterocycles. The van der Waals surface area contributed by atoms with Crippen molar-refractivity contribution in [3.05, 3.63) is 16.3 Å². The fraction of sp³-hybridized carbons (Fsp3) is 0.571. The molecule has 0 radical (unpaired) electrons. The van der Waals surface area contributed by atoms with Gasteiger partial charge in [0.2, 0.25) is 5.91 Å². The van der Waals surface area contributed by atoms with Gasteiger partial charge in [0.15, 0.2) is 0 Å². The number of anilines is 1. The first kappa shape index (κ1) is 15.9. The molecule has 1 aromatic rings. The second kappa shape index (κ2) is 7.53. The standard InChI is InChI=1S/C14H20N2O4S/c1-20-14(19)13-11(4-7-21-13)15-12(18)9-16-5-2-10(8-16)3-6-17/h4,7,10,17H,2-3,5-6,8-9H2,1H3,(H,15,18). The molecule has 1 aromatic heterocycles. The molecule has 1 unspecified atom stereocenters. The Morgan fingerprint density at radius 2 is 2.38 bits per heavy atom. The number of hydrogen-bond acceptors (Lipinski definition) is 6. The van der Waals surface area contributed by atoms with Crippen LogP contribution >= 0.6 is 11.3 Å². The van der Waals surface area contributed by atoms with Gasteiger partial charge in [-0.25, -0.2) is 4.79 Å². The van der Waals surface area contributed by atoms with Gasteiger partial charge in [0.1, 0.15) is 4.88 Å². The Kier molecular flexibility index (Phi) is 5.72. The fourth-order valence-corrected chi connectivity index (χ4v) is 3.29. The van der Waals surface area contributed by atoms with E-state index in [2.05, 4.69) is 15.0 Å². The lowest BCUT2D eigenvalue weighted by atomic mass is 10.1. The number of thiophene rings is 1. The summed E-state index contributed by atoms with van der Waals surface area (Å²) in [5.74, 6) is -0.109. The summed E-state index contributed by atoms with van der Waals surface area (Å²) in [6.07, 6.45) is 1.80. The number of esters is 1. The van der Waals surface area contributed by atoms with E-state index in [0.29, 0.717) is 23.0 Å². The van der Waals surface area contributed by atoms with Crippen molar-refractivity contribution in [2.45, 2.75) is 12.8 Å². The topological polar surface area (TPSA) is 78.9 Å². The fourth-order valence-electron chi connectivity index (χ4n) is 2.53. The third kappa shape index (κ3) is 4.26. The predicted molar refractivity (Wildman–Crippen MR) is 80.5 cm³/mol. The van der Waals surface area contributed by atoms with Crippen LogP contribution in [0.3, 0.4) is 0 Å². The summed E-state index contributed by atoms with van der Waals surface area (Å²) in [5, 5.41) is 13.4. The zero-order valence-corrected chi connectivity index (χ0v) is 12.8. The van der Waals surface area contributed by atoms with Crippen molar-refractivity contribution in [2.24, 2.45) is 5.92 Å². The lowest BCUT2D eigenvalue weighted by molar-refractivity contribution is -0.117. The highest BCUT2D eigenvalue weighted by atomic mass is 32.1. The van der Waals surface area contributed by atoms with Crippen LogP contribution in [0.5, 0.6) is 0 Å². The van der Waals surface area contributed by atoms with Gasteiger partial charge in [-0.05, 0) is 36.8 Å². The summed E-state index contributed by atoms with van der Waals surface area (Å²) < 4.78 is 4.68. The highest BCUT2D eigenvalue weighted by molar-refractivity contribution is 7.12. The van der Waals surface area contributed by atoms with Crippen LogP contribution in [0.1, 0.15) is 22.5 Å². The Balaban J connectivity index is 1.85. The second-order valence-corrected chi connectivity index (χ2v) is 6.02. The molecule has 2 heterocycles. The Morgan fingerprint density at radius 3 is 3.10 bits per heavy atom. The number of nitrogens with zero attached hydrogens (tertiary/aromatic N) is 1. The van der Waals surface area contributed by atoms with Gasteiger partial charge in [0, 0.05) is 13.2 Å². The summed E-state index contributed by atoms with van der Waals surface area (Å²) in [6, 6.07) is 1.70. The summed E-state index contributed by atoms with van der Waals surface area (Å²) in [5.41, 5.74) is 0.503. The van der Waals surface area contributed by atoms with Crippen molar-refractivity contribution in [2.75, 3.05) is 38.7 Å². The number of aliphatic hydroxyl groups is 1. The normalized spacial score (nSPS) is 18.7. The van der Waals surface area contributed by atoms with Gasteiger partial charge < -0.3 is 15.2 Å². The van der Waals surface area contributed by atoms with Crippen LogP contribution in [0.25, 0.3) is 0 Å². The van der Waals surface area contributed by atoms with E-state index in [4.69, 9.17) is 5.11 Å². The van der Waals surface area contributed by atoms with Gasteiger partial charge in [-0.1, -0.05) is 0 Å². The van der Waals surface area contributed by atoms with Gasteiger partial charge in [-0.2, -0.15) is 0 Å². The van der Waals surface area contributed by atoms with Crippen LogP contribution in [0, 0.1) is 5.92 Å². The first-order valence-electron chi connectivity index (χ1n) is 6.93. The van der Waals surface area contributed by atoms with Crippen molar-refractivity contribution < 1.29 is 19.4 Å². The van der Waals surface area contributed by atoms with Crippen LogP contribution < -0.4 is 5.32 Å². The number of carbonyl (C=O) groups is 2. The Bertz CT molecular complexity index is 503. The van der Waals surface area contributed by atoms with Gasteiger partial charge in [0.05, 0.1) is 19.3 Å². The summed E-state index contributed by atoms with van der Waals surface area (Å²) in [6.45, 7) is 2.20. The SMILES string of the molecule is COC(=O)c1sccc1NC(=O)CN1CCC(CCO)C1. The molecule has 2 N–H and O–H groups in total. The van der Waals surface area contributed by atoms with Crippen molar-refractivity contribution in [3.8, 4) is 0 Å². The van der Waals surface area contributed by atoms with E-state index in [1.54, 1.807) is 11.4 Å². The maximum absolute atomic E-state index is 12.0. The molecule has 1 atom stereocenters. The maximum Gasteiger partial charge on any atom is 0.350 e. The lowest BCUT2D eigenvalue weighted by Crippen LogP contribution is -2.31. The number of ether oxygens (including phenoxy) is 1. The van der Waals surface area contributed by atoms with E-state index >= 15 is 0 Å². The number of rotatable bonds is 6. The summed E-state index contributed by atoms with van der Waals surface area (Å²) >= 11 is 1.24. The smallest absolute Gasteiger partial charge is 0.350 e. The molecule has 0 saturated carbocycles. The van der Waals surface area contributed by atoms with Crippen LogP contribution in [-0.4, -0.2) is 55.2 Å². The first-order valence-corrected chi connectivity index (χ1v) is 7.81. The van der Waals surface area contributed by atoms with Gasteiger partial charge >= 0.3 is 5.97 Å². The Labute approximate surface area is 127 Å². The van der Waals surface area contributed by atoms with Gasteiger partial charge in [0.25, 0.3) is 0 Å². The number of hydrogen-bond donors (Lipinski definition) is 2. The molecular weight excluding hydrogens is 292 g/mol. The molecule has 1 saturated heterocycles. The molecule has 116 valence electrons. The first-order chi connectivity index (χ1) is 10.1. The van der Waals surface area contributed by atoms with Crippen molar-refractivity contribution in [3.63, 3.8) is 0 Å². The molecule has 21 heavy (non-hydrogen) atoms. The molecule has 1 aliphatic rings. The zero-order valence-electron chi connectivity index (χ0n) is 12.0. The lowest BCUT2D eigenvalue weighted by Gasteiger charge is -2.15. The van der Waals surface area contributed by atoms with E-state index in [1.807, 2.05) is 0 Å². The number of likely N-dealkylation sites (tertiary alicyclic amines) is 1. The number of nitrogens with one attached hydrogen (secondary N) is 1. The van der Waals surface area contributed by atoms with Crippen molar-refractivity contribution in [1.29, 1.82) is 0 Å². The van der Waals surface area contributed by atoms with E-state index in [1.165, 1.54) is 18.4 Å². The molecule has 7 heteroatoms. The number of aliphatic hydroxyl groups excluding tert-OH is 1. The number of carbonyl (C=O) groups excluding carboxylic acids is 2. The van der Waals surface area contributed by atoms with Gasteiger partial charge in [-0.15, -0.1) is 11.3 Å². The molecule has 0 spiro atoms. The van der Waals surface area contributed by atoms with Gasteiger partial charge in [-0.3, -0.25) is 9.69 Å². The highest BCUT2D eigenvalue weighted by Crippen LogP contribution is 2.23. The minimum absolute atomic E-state index is 0.136. The molecule has 1 fully saturated rings. The third-order valence-electron chi connectivity index (χ3n) is 3.58. The van der Waals surface area contributed by atoms with E-state index in [-0.39, 0.29) is 12.5 Å². The molecular formula is C14H20N2O4S. The van der Waals surface area contributed by atoms with Crippen molar-refractivity contribution >= 4 is 28.9 Å². The van der Waals surface area contributed by atoms with E-state index in [9.17, 15) is 9.59 Å². The highest BCUT2D eigenvalue weighted by Gasteiger charge is 2.24. The average Bonchev–Trinajstić information content (AvgIpc) is 3.08. The van der Waals surface area contributed by atoms with Crippen LogP contribution in [-0.2, 0) is 9.53 Å². The zero-order chi connectivity index (χ0) is 15.2. The second-order valence-electron chi connectivity index (χ2n) is 5.11. The summed E-state index contributed by atoms with van der Waals surface area (Å²) in [4.78, 5) is 26.1. The Morgan fingerprint density at radius 1 is 1.57 bits per heavy atom. The largest absolute Gasteiger partial charge is 0.465 e. The molecule has 0 aromatic carbocycles. The maximum atomic E-state index is 12.0. The molecule has 1 amide bonds. The van der Waals surface area contributed by atoms with E-state index < -0.39 is 5.97 Å². The molecule has 6 nitrogen and oxygen atoms in total. The number of methoxy groups -OCH3 is 1. The van der Waals surface area contributed by atoms with E-state index in [0.717, 1.165) is 25.9 Å². The quantitative estimate of drug-likeness (QED) is 0.771. The average molecular weight is 312 g/mol. The predicted octanol–water partition coefficient (Wildman–Crippen LogP) is 1.18. The van der Waals surface area contributed by atoms with Crippen LogP contribution in [0.2, 0.25) is 0 Å². The van der Waals surface area contributed by atoms with Crippen LogP contribution in [0.4, 0.5) is 5.69 Å². The number of amides is 1. The van der Waals surface area contributed by atoms with Crippen molar-refractivity contribution in [1.82, 2.24) is 4.90 Å². The minimum Gasteiger partial charge on any atom is -0.465 e. The molecule has 2 rings (SSSR count). The third-order valence-corrected chi connectivity index (χ3v) is 4.48. The van der Waals surface area contributed by atoms with Crippen LogP contribution in [0.15, 0.2) is 11.4 Å². The molecule has 0 aliphatic carbocycles.